The molecule has 0 bridgehead atoms. The van der Waals surface area contributed by atoms with Gasteiger partial charge in [0.05, 0.1) is 17.4 Å². The number of carboxylic acids is 1. The van der Waals surface area contributed by atoms with Crippen LogP contribution < -0.4 is 10.6 Å². The number of fused-ring (bicyclic) bond motifs is 3. The highest BCUT2D eigenvalue weighted by Crippen LogP contribution is 2.45. The van der Waals surface area contributed by atoms with Crippen LogP contribution in [-0.2, 0) is 14.3 Å². The average Bonchev–Trinajstić information content (AvgIpc) is 3.37. The van der Waals surface area contributed by atoms with Gasteiger partial charge in [0, 0.05) is 12.5 Å². The Labute approximate surface area is 191 Å². The first-order chi connectivity index (χ1) is 16.0. The van der Waals surface area contributed by atoms with Crippen molar-refractivity contribution in [1.29, 1.82) is 0 Å². The summed E-state index contributed by atoms with van der Waals surface area (Å²) in [6.45, 7) is 0.382. The van der Waals surface area contributed by atoms with Crippen LogP contribution in [0.2, 0.25) is 0 Å². The number of carbonyl (C=O) groups is 3. The number of aliphatic carboxylic acids is 1. The molecule has 33 heavy (non-hydrogen) atoms. The molecule has 1 fully saturated rings. The molecule has 7 heteroatoms. The summed E-state index contributed by atoms with van der Waals surface area (Å²) < 4.78 is 5.57. The van der Waals surface area contributed by atoms with E-state index in [-0.39, 0.29) is 31.0 Å². The molecule has 2 unspecified atom stereocenters. The van der Waals surface area contributed by atoms with Gasteiger partial charge in [-0.3, -0.25) is 9.59 Å². The van der Waals surface area contributed by atoms with Crippen molar-refractivity contribution in [3.8, 4) is 11.1 Å². The van der Waals surface area contributed by atoms with Crippen molar-refractivity contribution in [1.82, 2.24) is 10.6 Å². The zero-order valence-corrected chi connectivity index (χ0v) is 18.1. The molecule has 170 valence electrons. The van der Waals surface area contributed by atoms with Crippen LogP contribution in [-0.4, -0.2) is 42.3 Å². The largest absolute Gasteiger partial charge is 0.481 e. The van der Waals surface area contributed by atoms with E-state index in [1.54, 1.807) is 12.2 Å². The second-order valence-corrected chi connectivity index (χ2v) is 9.11. The number of carbonyl (C=O) groups excluding carboxylic acids is 2. The molecule has 0 radical (unpaired) electrons. The van der Waals surface area contributed by atoms with E-state index >= 15 is 0 Å². The lowest BCUT2D eigenvalue weighted by molar-refractivity contribution is -0.143. The second kappa shape index (κ2) is 8.39. The van der Waals surface area contributed by atoms with Crippen LogP contribution in [0.15, 0.2) is 60.7 Å². The molecule has 0 saturated heterocycles. The van der Waals surface area contributed by atoms with E-state index in [1.165, 1.54) is 11.1 Å². The molecular formula is C26H26N2O5. The molecule has 3 aliphatic rings. The number of hydrogen-bond donors (Lipinski definition) is 3. The Bertz CT molecular complexity index is 1090. The maximum atomic E-state index is 12.5. The van der Waals surface area contributed by atoms with Crippen molar-refractivity contribution >= 4 is 18.0 Å². The van der Waals surface area contributed by atoms with Crippen molar-refractivity contribution in [2.45, 2.75) is 31.2 Å². The van der Waals surface area contributed by atoms with Crippen molar-refractivity contribution in [2.24, 2.45) is 11.3 Å². The number of hydrogen-bond acceptors (Lipinski definition) is 4. The van der Waals surface area contributed by atoms with Gasteiger partial charge in [-0.1, -0.05) is 60.7 Å². The summed E-state index contributed by atoms with van der Waals surface area (Å²) in [7, 11) is 0. The molecule has 2 aromatic rings. The van der Waals surface area contributed by atoms with Crippen LogP contribution >= 0.6 is 0 Å². The zero-order chi connectivity index (χ0) is 23.0. The smallest absolute Gasteiger partial charge is 0.407 e. The molecule has 7 nitrogen and oxygen atoms in total. The predicted molar refractivity (Wildman–Crippen MR) is 122 cm³/mol. The maximum absolute atomic E-state index is 12.5. The quantitative estimate of drug-likeness (QED) is 0.565. The predicted octanol–water partition coefficient (Wildman–Crippen LogP) is 3.45. The Morgan fingerprint density at radius 3 is 2.21 bits per heavy atom. The van der Waals surface area contributed by atoms with E-state index in [0.29, 0.717) is 19.3 Å². The molecule has 1 saturated carbocycles. The van der Waals surface area contributed by atoms with Crippen LogP contribution in [0.3, 0.4) is 0 Å². The third-order valence-electron chi connectivity index (χ3n) is 6.98. The lowest BCUT2D eigenvalue weighted by Crippen LogP contribution is -2.39. The van der Waals surface area contributed by atoms with Crippen LogP contribution in [0.5, 0.6) is 0 Å². The zero-order valence-electron chi connectivity index (χ0n) is 18.1. The fourth-order valence-corrected chi connectivity index (χ4v) is 4.80. The highest BCUT2D eigenvalue weighted by atomic mass is 16.5. The molecule has 0 aromatic heterocycles. The molecular weight excluding hydrogens is 420 g/mol. The molecule has 0 spiro atoms. The third kappa shape index (κ3) is 4.11. The number of ether oxygens (including phenoxy) is 1. The first-order valence-corrected chi connectivity index (χ1v) is 11.3. The van der Waals surface area contributed by atoms with E-state index in [9.17, 15) is 19.5 Å². The minimum Gasteiger partial charge on any atom is -0.481 e. The Balaban J connectivity index is 1.12. The molecule has 0 aliphatic heterocycles. The van der Waals surface area contributed by atoms with E-state index < -0.39 is 23.4 Å². The highest BCUT2D eigenvalue weighted by molar-refractivity contribution is 5.84. The summed E-state index contributed by atoms with van der Waals surface area (Å²) in [5.41, 5.74) is 3.85. The lowest BCUT2D eigenvalue weighted by Gasteiger charge is -2.17. The fraction of sp³-hybridized carbons (Fsp3) is 0.346. The number of amides is 2. The summed E-state index contributed by atoms with van der Waals surface area (Å²) >= 11 is 0. The van der Waals surface area contributed by atoms with Crippen LogP contribution in [0, 0.1) is 11.3 Å². The molecule has 5 rings (SSSR count). The van der Waals surface area contributed by atoms with E-state index in [2.05, 4.69) is 34.9 Å². The van der Waals surface area contributed by atoms with Crippen molar-refractivity contribution in [3.63, 3.8) is 0 Å². The van der Waals surface area contributed by atoms with Gasteiger partial charge in [0.2, 0.25) is 5.91 Å². The number of alkyl carbamates (subject to hydrolysis) is 1. The van der Waals surface area contributed by atoms with E-state index in [0.717, 1.165) is 11.1 Å². The van der Waals surface area contributed by atoms with Gasteiger partial charge in [-0.05, 0) is 41.5 Å². The van der Waals surface area contributed by atoms with Gasteiger partial charge in [-0.25, -0.2) is 4.79 Å². The maximum Gasteiger partial charge on any atom is 0.407 e. The van der Waals surface area contributed by atoms with Crippen LogP contribution in [0.25, 0.3) is 11.1 Å². The van der Waals surface area contributed by atoms with Gasteiger partial charge in [0.25, 0.3) is 0 Å². The Kier molecular flexibility index (Phi) is 5.40. The van der Waals surface area contributed by atoms with Crippen molar-refractivity contribution in [2.75, 3.05) is 13.2 Å². The standard InChI is InChI=1S/C26H26N2O5/c29-23(27-15-26(11-12-26)24(30)31)16-9-10-17(13-16)28-25(32)33-14-22-20-7-3-1-5-18(20)19-6-2-4-8-21(19)22/h1-10,16-17,22H,11-15H2,(H,27,29)(H,28,32)(H,30,31). The van der Waals surface area contributed by atoms with Gasteiger partial charge in [0.15, 0.2) is 0 Å². The number of carboxylic acid groups (broad SMARTS) is 1. The molecule has 2 aromatic carbocycles. The molecule has 2 atom stereocenters. The minimum atomic E-state index is -0.862. The summed E-state index contributed by atoms with van der Waals surface area (Å²) in [4.78, 5) is 36.1. The summed E-state index contributed by atoms with van der Waals surface area (Å²) in [6.07, 6.45) is 4.63. The van der Waals surface area contributed by atoms with Gasteiger partial charge in [-0.2, -0.15) is 0 Å². The first kappa shape index (κ1) is 21.2. The number of benzene rings is 2. The summed E-state index contributed by atoms with van der Waals surface area (Å²) in [5, 5.41) is 14.8. The van der Waals surface area contributed by atoms with Gasteiger partial charge < -0.3 is 20.5 Å². The first-order valence-electron chi connectivity index (χ1n) is 11.3. The topological polar surface area (TPSA) is 105 Å². The fourth-order valence-electron chi connectivity index (χ4n) is 4.80. The second-order valence-electron chi connectivity index (χ2n) is 9.11. The third-order valence-corrected chi connectivity index (χ3v) is 6.98. The lowest BCUT2D eigenvalue weighted by atomic mass is 9.98. The van der Waals surface area contributed by atoms with E-state index in [4.69, 9.17) is 4.74 Å². The van der Waals surface area contributed by atoms with Crippen LogP contribution in [0.4, 0.5) is 4.79 Å². The van der Waals surface area contributed by atoms with Gasteiger partial charge in [-0.15, -0.1) is 0 Å². The Hall–Kier alpha value is -3.61. The SMILES string of the molecule is O=C(NC1C=CC(C(=O)NCC2(C(=O)O)CC2)C1)OCC1c2ccccc2-c2ccccc21. The van der Waals surface area contributed by atoms with Crippen LogP contribution in [0.1, 0.15) is 36.3 Å². The number of rotatable bonds is 7. The van der Waals surface area contributed by atoms with Crippen molar-refractivity contribution in [3.05, 3.63) is 71.8 Å². The minimum absolute atomic E-state index is 0.00947. The van der Waals surface area contributed by atoms with Gasteiger partial charge in [0.1, 0.15) is 6.61 Å². The summed E-state index contributed by atoms with van der Waals surface area (Å²) in [5.74, 6) is -1.48. The van der Waals surface area contributed by atoms with Crippen molar-refractivity contribution < 1.29 is 24.2 Å². The molecule has 0 heterocycles. The number of nitrogens with one attached hydrogen (secondary N) is 2. The monoisotopic (exact) mass is 446 g/mol. The Morgan fingerprint density at radius 2 is 1.61 bits per heavy atom. The van der Waals surface area contributed by atoms with Gasteiger partial charge >= 0.3 is 12.1 Å². The van der Waals surface area contributed by atoms with E-state index in [1.807, 2.05) is 24.3 Å². The average molecular weight is 447 g/mol. The summed E-state index contributed by atoms with van der Waals surface area (Å²) in [6, 6.07) is 16.0. The Morgan fingerprint density at radius 1 is 0.970 bits per heavy atom. The highest BCUT2D eigenvalue weighted by Gasteiger charge is 2.50. The molecule has 2 amide bonds. The molecule has 3 N–H and O–H groups in total. The molecule has 3 aliphatic carbocycles. The normalized spacial score (nSPS) is 21.7.